The van der Waals surface area contributed by atoms with Gasteiger partial charge in [-0.2, -0.15) is 5.21 Å². The molecule has 3 aromatic heterocycles. The van der Waals surface area contributed by atoms with Crippen LogP contribution >= 0.6 is 19.2 Å². The predicted octanol–water partition coefficient (Wildman–Crippen LogP) is 0.0396. The molecule has 3 rings (SSSR count). The number of nitrogens with zero attached hydrogens (tertiary/aromatic N) is 5. The molecule has 1 unspecified atom stereocenters. The number of halogens is 1. The molecule has 0 aromatic carbocycles. The van der Waals surface area contributed by atoms with Crippen molar-refractivity contribution >= 4 is 30.3 Å². The van der Waals surface area contributed by atoms with E-state index in [2.05, 4.69) is 25.6 Å². The molecule has 0 bridgehead atoms. The molecule has 22 heavy (non-hydrogen) atoms. The third-order valence-electron chi connectivity index (χ3n) is 2.98. The predicted molar refractivity (Wildman–Crippen MR) is 74.9 cm³/mol. The highest BCUT2D eigenvalue weighted by Crippen LogP contribution is 2.34. The normalized spacial score (nSPS) is 13.6. The van der Waals surface area contributed by atoms with Crippen LogP contribution in [0.15, 0.2) is 18.3 Å². The molecule has 3 aromatic rings. The number of ether oxygens (including phenoxy) is 1. The van der Waals surface area contributed by atoms with Gasteiger partial charge >= 0.3 is 7.60 Å². The Labute approximate surface area is 128 Å². The Morgan fingerprint density at radius 2 is 2.23 bits per heavy atom. The van der Waals surface area contributed by atoms with Gasteiger partial charge in [0.25, 0.3) is 0 Å². The fourth-order valence-corrected chi connectivity index (χ4v) is 2.80. The monoisotopic (exact) mass is 344 g/mol. The molecule has 116 valence electrons. The summed E-state index contributed by atoms with van der Waals surface area (Å²) >= 11 is 6.21. The second-order valence-electron chi connectivity index (χ2n) is 4.32. The van der Waals surface area contributed by atoms with Crippen LogP contribution < -0.4 is 5.44 Å². The largest absolute Gasteiger partial charge is 0.376 e. The summed E-state index contributed by atoms with van der Waals surface area (Å²) in [5, 5.41) is 13.8. The lowest BCUT2D eigenvalue weighted by molar-refractivity contribution is 0.124. The van der Waals surface area contributed by atoms with E-state index in [0.717, 1.165) is 0 Å². The molecule has 3 heterocycles. The lowest BCUT2D eigenvalue weighted by Crippen LogP contribution is -2.11. The Bertz CT molecular complexity index is 860. The van der Waals surface area contributed by atoms with Gasteiger partial charge in [-0.15, -0.1) is 10.2 Å². The van der Waals surface area contributed by atoms with Crippen LogP contribution in [0.3, 0.4) is 0 Å². The minimum absolute atomic E-state index is 0.225. The molecule has 12 heteroatoms. The number of imidazole rings is 1. The van der Waals surface area contributed by atoms with E-state index >= 15 is 0 Å². The molecule has 0 aliphatic heterocycles. The Morgan fingerprint density at radius 1 is 1.45 bits per heavy atom. The zero-order valence-corrected chi connectivity index (χ0v) is 12.7. The second kappa shape index (κ2) is 5.41. The van der Waals surface area contributed by atoms with E-state index < -0.39 is 13.7 Å². The molecule has 0 spiro atoms. The average Bonchev–Trinajstić information content (AvgIpc) is 3.10. The molecule has 0 fully saturated rings. The Balaban J connectivity index is 2.25. The minimum Gasteiger partial charge on any atom is -0.367 e. The number of hydrogen-bond acceptors (Lipinski definition) is 6. The number of aromatic amines is 1. The lowest BCUT2D eigenvalue weighted by atomic mass is 10.2. The molecule has 0 aliphatic carbocycles. The van der Waals surface area contributed by atoms with Gasteiger partial charge in [0.2, 0.25) is 5.82 Å². The van der Waals surface area contributed by atoms with Crippen molar-refractivity contribution in [1.29, 1.82) is 0 Å². The number of methoxy groups -OCH3 is 1. The van der Waals surface area contributed by atoms with Crippen LogP contribution in [0.1, 0.15) is 17.6 Å². The topological polar surface area (TPSA) is 139 Å². The van der Waals surface area contributed by atoms with Crippen molar-refractivity contribution in [3.63, 3.8) is 0 Å². The number of pyridine rings is 1. The van der Waals surface area contributed by atoms with Crippen molar-refractivity contribution in [2.45, 2.75) is 6.10 Å². The highest BCUT2D eigenvalue weighted by Gasteiger charge is 2.27. The number of nitrogens with one attached hydrogen (secondary N) is 1. The first kappa shape index (κ1) is 15.1. The number of hydrogen-bond donors (Lipinski definition) is 3. The van der Waals surface area contributed by atoms with Crippen molar-refractivity contribution in [1.82, 2.24) is 30.0 Å². The van der Waals surface area contributed by atoms with E-state index in [1.54, 1.807) is 6.07 Å². The van der Waals surface area contributed by atoms with Crippen molar-refractivity contribution in [2.24, 2.45) is 0 Å². The first-order chi connectivity index (χ1) is 10.4. The molecule has 0 saturated carbocycles. The molecule has 3 N–H and O–H groups in total. The third-order valence-corrected chi connectivity index (χ3v) is 4.11. The molecule has 10 nitrogen and oxygen atoms in total. The zero-order valence-electron chi connectivity index (χ0n) is 11.1. The summed E-state index contributed by atoms with van der Waals surface area (Å²) in [7, 11) is -3.06. The van der Waals surface area contributed by atoms with Gasteiger partial charge in [0.1, 0.15) is 5.65 Å². The fraction of sp³-hybridized carbons (Fsp3) is 0.200. The van der Waals surface area contributed by atoms with Crippen LogP contribution in [0.25, 0.3) is 5.65 Å². The molecule has 1 atom stereocenters. The van der Waals surface area contributed by atoms with Crippen molar-refractivity contribution in [3.8, 4) is 0 Å². The highest BCUT2D eigenvalue weighted by atomic mass is 35.5. The maximum atomic E-state index is 11.4. The Morgan fingerprint density at radius 3 is 2.82 bits per heavy atom. The summed E-state index contributed by atoms with van der Waals surface area (Å²) in [6.45, 7) is 0. The maximum absolute atomic E-state index is 11.4. The van der Waals surface area contributed by atoms with Gasteiger partial charge < -0.3 is 14.5 Å². The summed E-state index contributed by atoms with van der Waals surface area (Å²) in [4.78, 5) is 22.4. The van der Waals surface area contributed by atoms with Crippen LogP contribution in [-0.4, -0.2) is 46.9 Å². The molecular formula is C10H10ClN6O4P. The van der Waals surface area contributed by atoms with E-state index in [9.17, 15) is 14.4 Å². The zero-order chi connectivity index (χ0) is 15.9. The van der Waals surface area contributed by atoms with E-state index in [-0.39, 0.29) is 11.3 Å². The molecule has 0 saturated heterocycles. The standard InChI is InChI=1S/C10H10ClN6O4P/c1-21-9(10-13-15-16-14-10)8-5(11)2-3-6-12-7(4-17(6)8)22(18,19)20/h2-4,9H,1H3,(H2,18,19,20)(H,13,14,15,16). The summed E-state index contributed by atoms with van der Waals surface area (Å²) in [5.74, 6) is 0.225. The van der Waals surface area contributed by atoms with Gasteiger partial charge in [-0.3, -0.25) is 8.97 Å². The van der Waals surface area contributed by atoms with Gasteiger partial charge in [-0.25, -0.2) is 4.98 Å². The van der Waals surface area contributed by atoms with E-state index in [4.69, 9.17) is 16.3 Å². The van der Waals surface area contributed by atoms with Crippen LogP contribution in [-0.2, 0) is 9.30 Å². The van der Waals surface area contributed by atoms with Crippen LogP contribution in [0.4, 0.5) is 0 Å². The maximum Gasteiger partial charge on any atom is 0.376 e. The number of aromatic nitrogens is 6. The van der Waals surface area contributed by atoms with E-state index in [0.29, 0.717) is 16.4 Å². The summed E-state index contributed by atoms with van der Waals surface area (Å²) in [6.07, 6.45) is 0.428. The van der Waals surface area contributed by atoms with Gasteiger partial charge in [-0.05, 0) is 12.1 Å². The molecule has 0 amide bonds. The first-order valence-corrected chi connectivity index (χ1v) is 7.90. The number of H-pyrrole nitrogens is 1. The number of fused-ring (bicyclic) bond motifs is 1. The van der Waals surface area contributed by atoms with Crippen molar-refractivity contribution < 1.29 is 19.1 Å². The smallest absolute Gasteiger partial charge is 0.367 e. The third kappa shape index (κ3) is 2.51. The number of rotatable bonds is 4. The quantitative estimate of drug-likeness (QED) is 0.564. The van der Waals surface area contributed by atoms with Gasteiger partial charge in [-0.1, -0.05) is 16.8 Å². The first-order valence-electron chi connectivity index (χ1n) is 5.91. The average molecular weight is 345 g/mol. The SMILES string of the molecule is COC(c1nn[nH]n1)c1c(Cl)ccc2nc(P(=O)(O)O)cn12. The molecule has 0 radical (unpaired) electrons. The summed E-state index contributed by atoms with van der Waals surface area (Å²) in [5.41, 5.74) is 0.331. The Kier molecular flexibility index (Phi) is 3.71. The summed E-state index contributed by atoms with van der Waals surface area (Å²) < 4.78 is 18.2. The van der Waals surface area contributed by atoms with Gasteiger partial charge in [0, 0.05) is 13.3 Å². The second-order valence-corrected chi connectivity index (χ2v) is 6.28. The van der Waals surface area contributed by atoms with Crippen molar-refractivity contribution in [2.75, 3.05) is 7.11 Å². The van der Waals surface area contributed by atoms with E-state index in [1.807, 2.05) is 0 Å². The minimum atomic E-state index is -4.49. The molecule has 0 aliphatic rings. The summed E-state index contributed by atoms with van der Waals surface area (Å²) in [6, 6.07) is 3.09. The fourth-order valence-electron chi connectivity index (χ4n) is 2.05. The Hall–Kier alpha value is -1.84. The van der Waals surface area contributed by atoms with Gasteiger partial charge in [0.15, 0.2) is 11.5 Å². The van der Waals surface area contributed by atoms with Gasteiger partial charge in [0.05, 0.1) is 10.7 Å². The lowest BCUT2D eigenvalue weighted by Gasteiger charge is -2.15. The van der Waals surface area contributed by atoms with Crippen LogP contribution in [0.5, 0.6) is 0 Å². The van der Waals surface area contributed by atoms with E-state index in [1.165, 1.54) is 23.8 Å². The van der Waals surface area contributed by atoms with Crippen molar-refractivity contribution in [3.05, 3.63) is 34.9 Å². The van der Waals surface area contributed by atoms with Crippen LogP contribution in [0, 0.1) is 0 Å². The molecular weight excluding hydrogens is 335 g/mol. The number of tetrazole rings is 1. The van der Waals surface area contributed by atoms with Crippen LogP contribution in [0.2, 0.25) is 5.02 Å². The highest BCUT2D eigenvalue weighted by molar-refractivity contribution is 7.60.